The van der Waals surface area contributed by atoms with E-state index < -0.39 is 0 Å². The molecule has 196 valence electrons. The minimum atomic E-state index is -0.205. The topological polar surface area (TPSA) is 109 Å². The van der Waals surface area contributed by atoms with Crippen molar-refractivity contribution in [3.05, 3.63) is 53.0 Å². The summed E-state index contributed by atoms with van der Waals surface area (Å²) in [4.78, 5) is 44.0. The fourth-order valence-electron chi connectivity index (χ4n) is 5.53. The van der Waals surface area contributed by atoms with Gasteiger partial charge in [-0.1, -0.05) is 0 Å². The molecule has 2 amide bonds. The van der Waals surface area contributed by atoms with Crippen molar-refractivity contribution in [1.82, 2.24) is 25.0 Å². The molecule has 2 N–H and O–H groups in total. The summed E-state index contributed by atoms with van der Waals surface area (Å²) < 4.78 is 6.90. The average molecular weight is 506 g/mol. The smallest absolute Gasteiger partial charge is 0.253 e. The lowest BCUT2D eigenvalue weighted by Gasteiger charge is -2.43. The van der Waals surface area contributed by atoms with Crippen molar-refractivity contribution in [3.63, 3.8) is 0 Å². The molecule has 37 heavy (non-hydrogen) atoms. The lowest BCUT2D eigenvalue weighted by atomic mass is 9.67. The molecule has 3 heterocycles. The van der Waals surface area contributed by atoms with E-state index in [9.17, 15) is 14.4 Å². The van der Waals surface area contributed by atoms with E-state index in [1.54, 1.807) is 25.4 Å². The summed E-state index contributed by atoms with van der Waals surface area (Å²) >= 11 is 0. The summed E-state index contributed by atoms with van der Waals surface area (Å²) in [6.45, 7) is 8.29. The van der Waals surface area contributed by atoms with Gasteiger partial charge in [-0.3, -0.25) is 19.1 Å². The molecule has 3 aromatic rings. The third kappa shape index (κ3) is 4.80. The molecule has 0 saturated carbocycles. The van der Waals surface area contributed by atoms with Gasteiger partial charge >= 0.3 is 0 Å². The van der Waals surface area contributed by atoms with Crippen LogP contribution in [-0.4, -0.2) is 70.6 Å². The summed E-state index contributed by atoms with van der Waals surface area (Å²) in [6.07, 6.45) is 6.57. The molecule has 1 aliphatic carbocycles. The minimum Gasteiger partial charge on any atom is -0.383 e. The van der Waals surface area contributed by atoms with Crippen molar-refractivity contribution < 1.29 is 19.1 Å². The summed E-state index contributed by atoms with van der Waals surface area (Å²) in [5.41, 5.74) is 3.21. The van der Waals surface area contributed by atoms with Gasteiger partial charge < -0.3 is 19.9 Å². The van der Waals surface area contributed by atoms with Crippen LogP contribution < -0.4 is 5.32 Å². The molecule has 1 spiro atoms. The quantitative estimate of drug-likeness (QED) is 0.516. The number of nitrogens with zero attached hydrogens (tertiary/aromatic N) is 3. The Kier molecular flexibility index (Phi) is 6.43. The van der Waals surface area contributed by atoms with Crippen LogP contribution in [0.2, 0.25) is 0 Å². The number of aromatic nitrogens is 3. The number of piperidine rings is 1. The number of benzene rings is 1. The van der Waals surface area contributed by atoms with Crippen molar-refractivity contribution in [2.75, 3.05) is 33.4 Å². The first-order valence-electron chi connectivity index (χ1n) is 12.9. The van der Waals surface area contributed by atoms with E-state index in [2.05, 4.69) is 36.2 Å². The van der Waals surface area contributed by atoms with Gasteiger partial charge in [-0.15, -0.1) is 0 Å². The van der Waals surface area contributed by atoms with E-state index in [1.165, 1.54) is 0 Å². The normalized spacial score (nSPS) is 17.3. The van der Waals surface area contributed by atoms with Gasteiger partial charge in [0.1, 0.15) is 5.69 Å². The van der Waals surface area contributed by atoms with Crippen molar-refractivity contribution in [2.45, 2.75) is 52.0 Å². The fraction of sp³-hybridized carbons (Fsp3) is 0.500. The third-order valence-electron chi connectivity index (χ3n) is 7.72. The highest BCUT2D eigenvalue weighted by molar-refractivity contribution is 6.09. The lowest BCUT2D eigenvalue weighted by Crippen LogP contribution is -2.46. The number of fused-ring (bicyclic) bond motifs is 2. The van der Waals surface area contributed by atoms with Crippen LogP contribution in [0.4, 0.5) is 0 Å². The molecule has 0 unspecified atom stereocenters. The average Bonchev–Trinajstić information content (AvgIpc) is 3.48. The number of amides is 2. The standard InChI is InChI=1S/C28H35N5O4/c1-27(2,3)33-17-19-14-28(15-23(34)24(19)31-33)7-10-32(11-8-28)26(36)18-5-6-22-20(13-18)21(16-30-22)25(35)29-9-12-37-4/h5-6,13,16-17,30H,7-12,14-15H2,1-4H3,(H,29,35). The van der Waals surface area contributed by atoms with Crippen LogP contribution in [0, 0.1) is 5.41 Å². The SMILES string of the molecule is COCCNC(=O)c1c[nH]c2ccc(C(=O)N3CCC4(CC3)CC(=O)c3nn(C(C)(C)C)cc3C4)cc12. The van der Waals surface area contributed by atoms with Crippen LogP contribution in [-0.2, 0) is 16.7 Å². The van der Waals surface area contributed by atoms with Gasteiger partial charge in [-0.05, 0) is 63.6 Å². The fourth-order valence-corrected chi connectivity index (χ4v) is 5.53. The van der Waals surface area contributed by atoms with Crippen LogP contribution >= 0.6 is 0 Å². The van der Waals surface area contributed by atoms with E-state index in [1.807, 2.05) is 21.8 Å². The number of H-pyrrole nitrogens is 1. The first-order valence-corrected chi connectivity index (χ1v) is 12.9. The largest absolute Gasteiger partial charge is 0.383 e. The van der Waals surface area contributed by atoms with Crippen LogP contribution in [0.15, 0.2) is 30.6 Å². The van der Waals surface area contributed by atoms with E-state index in [0.29, 0.717) is 49.5 Å². The van der Waals surface area contributed by atoms with Crippen LogP contribution in [0.3, 0.4) is 0 Å². The first-order chi connectivity index (χ1) is 17.6. The Morgan fingerprint density at radius 2 is 1.95 bits per heavy atom. The highest BCUT2D eigenvalue weighted by atomic mass is 16.5. The van der Waals surface area contributed by atoms with E-state index in [0.717, 1.165) is 35.7 Å². The summed E-state index contributed by atoms with van der Waals surface area (Å²) in [5, 5.41) is 8.14. The van der Waals surface area contributed by atoms with Gasteiger partial charge in [0.05, 0.1) is 17.7 Å². The number of ketones is 1. The maximum Gasteiger partial charge on any atom is 0.253 e. The molecule has 1 aliphatic heterocycles. The van der Waals surface area contributed by atoms with Crippen LogP contribution in [0.1, 0.15) is 76.8 Å². The van der Waals surface area contributed by atoms with Gasteiger partial charge in [0, 0.05) is 67.6 Å². The number of methoxy groups -OCH3 is 1. The number of aromatic amines is 1. The number of rotatable bonds is 5. The number of likely N-dealkylation sites (tertiary alicyclic amines) is 1. The van der Waals surface area contributed by atoms with Gasteiger partial charge in [-0.2, -0.15) is 5.10 Å². The monoisotopic (exact) mass is 505 g/mol. The Morgan fingerprint density at radius 3 is 2.65 bits per heavy atom. The third-order valence-corrected chi connectivity index (χ3v) is 7.72. The molecule has 1 aromatic carbocycles. The zero-order valence-corrected chi connectivity index (χ0v) is 22.0. The predicted molar refractivity (Wildman–Crippen MR) is 140 cm³/mol. The molecule has 2 aliphatic rings. The summed E-state index contributed by atoms with van der Waals surface area (Å²) in [7, 11) is 1.59. The van der Waals surface area contributed by atoms with Crippen LogP contribution in [0.25, 0.3) is 10.9 Å². The summed E-state index contributed by atoms with van der Waals surface area (Å²) in [6, 6.07) is 5.44. The second kappa shape index (κ2) is 9.45. The Morgan fingerprint density at radius 1 is 1.19 bits per heavy atom. The Balaban J connectivity index is 1.29. The predicted octanol–water partition coefficient (Wildman–Crippen LogP) is 3.55. The number of ether oxygens (including phenoxy) is 1. The minimum absolute atomic E-state index is 0.0490. The van der Waals surface area contributed by atoms with Gasteiger partial charge in [0.15, 0.2) is 5.78 Å². The van der Waals surface area contributed by atoms with Crippen molar-refractivity contribution >= 4 is 28.5 Å². The van der Waals surface area contributed by atoms with Crippen molar-refractivity contribution in [1.29, 1.82) is 0 Å². The second-order valence-electron chi connectivity index (χ2n) is 11.4. The second-order valence-corrected chi connectivity index (χ2v) is 11.4. The summed E-state index contributed by atoms with van der Waals surface area (Å²) in [5.74, 6) is -0.144. The zero-order valence-electron chi connectivity index (χ0n) is 22.0. The Hall–Kier alpha value is -3.46. The lowest BCUT2D eigenvalue weighted by molar-refractivity contribution is 0.0519. The van der Waals surface area contributed by atoms with Gasteiger partial charge in [0.25, 0.3) is 11.8 Å². The number of hydrogen-bond donors (Lipinski definition) is 2. The first kappa shape index (κ1) is 25.2. The highest BCUT2D eigenvalue weighted by Gasteiger charge is 2.43. The molecule has 0 bridgehead atoms. The highest BCUT2D eigenvalue weighted by Crippen LogP contribution is 2.43. The van der Waals surface area contributed by atoms with E-state index in [-0.39, 0.29) is 28.6 Å². The molecule has 9 nitrogen and oxygen atoms in total. The van der Waals surface area contributed by atoms with Crippen molar-refractivity contribution in [3.8, 4) is 0 Å². The van der Waals surface area contributed by atoms with E-state index in [4.69, 9.17) is 4.74 Å². The molecular weight excluding hydrogens is 470 g/mol. The van der Waals surface area contributed by atoms with Gasteiger partial charge in [-0.25, -0.2) is 0 Å². The van der Waals surface area contributed by atoms with Crippen molar-refractivity contribution in [2.24, 2.45) is 5.41 Å². The molecule has 1 saturated heterocycles. The zero-order chi connectivity index (χ0) is 26.4. The number of carbonyl (C=O) groups excluding carboxylic acids is 3. The molecule has 0 radical (unpaired) electrons. The number of Topliss-reactive ketones (excluding diaryl/α,β-unsaturated/α-hetero) is 1. The van der Waals surface area contributed by atoms with Crippen LogP contribution in [0.5, 0.6) is 0 Å². The molecule has 0 atom stereocenters. The molecule has 9 heteroatoms. The molecule has 2 aromatic heterocycles. The maximum absolute atomic E-state index is 13.4. The molecular formula is C28H35N5O4. The Labute approximate surface area is 216 Å². The number of nitrogens with one attached hydrogen (secondary N) is 2. The maximum atomic E-state index is 13.4. The molecule has 5 rings (SSSR count). The Bertz CT molecular complexity index is 1350. The van der Waals surface area contributed by atoms with E-state index >= 15 is 0 Å². The number of carbonyl (C=O) groups is 3. The molecule has 1 fully saturated rings. The number of hydrogen-bond acceptors (Lipinski definition) is 5. The van der Waals surface area contributed by atoms with Gasteiger partial charge in [0.2, 0.25) is 0 Å².